The Morgan fingerprint density at radius 1 is 1.22 bits per heavy atom. The molecule has 1 unspecified atom stereocenters. The van der Waals surface area contributed by atoms with Crippen molar-refractivity contribution >= 4 is 11.6 Å². The first-order chi connectivity index (χ1) is 13.0. The van der Waals surface area contributed by atoms with Gasteiger partial charge >= 0.3 is 5.69 Å². The van der Waals surface area contributed by atoms with E-state index in [1.165, 1.54) is 0 Å². The van der Waals surface area contributed by atoms with Gasteiger partial charge in [0.05, 0.1) is 11.5 Å². The molecule has 0 amide bonds. The highest BCUT2D eigenvalue weighted by atomic mass is 16.3. The Morgan fingerprint density at radius 2 is 2.04 bits per heavy atom. The number of aromatic nitrogens is 2. The molecule has 1 atom stereocenters. The van der Waals surface area contributed by atoms with Crippen LogP contribution in [0.2, 0.25) is 0 Å². The smallest absolute Gasteiger partial charge is 0.329 e. The van der Waals surface area contributed by atoms with Crippen molar-refractivity contribution in [3.05, 3.63) is 61.3 Å². The number of nitrogens with zero attached hydrogens (tertiary/aromatic N) is 1. The van der Waals surface area contributed by atoms with Crippen LogP contribution in [0.4, 0.5) is 5.82 Å². The minimum Gasteiger partial charge on any atom is -0.465 e. The van der Waals surface area contributed by atoms with E-state index in [-0.39, 0.29) is 5.78 Å². The van der Waals surface area contributed by atoms with Gasteiger partial charge in [-0.2, -0.15) is 0 Å². The number of aryl methyl sites for hydroxylation is 1. The third kappa shape index (κ3) is 2.87. The maximum atomic E-state index is 12.8. The number of hydrogen-bond acceptors (Lipinski definition) is 5. The first-order valence-corrected chi connectivity index (χ1v) is 9.47. The summed E-state index contributed by atoms with van der Waals surface area (Å²) in [7, 11) is 0. The van der Waals surface area contributed by atoms with Crippen LogP contribution in [0.5, 0.6) is 0 Å². The molecule has 27 heavy (non-hydrogen) atoms. The molecule has 0 spiro atoms. The van der Waals surface area contributed by atoms with Gasteiger partial charge in [-0.15, -0.1) is 0 Å². The van der Waals surface area contributed by atoms with E-state index in [0.717, 1.165) is 25.0 Å². The van der Waals surface area contributed by atoms with Crippen molar-refractivity contribution in [1.82, 2.24) is 9.55 Å². The average Bonchev–Trinajstić information content (AvgIpc) is 3.06. The molecular formula is C20H23N3O4. The van der Waals surface area contributed by atoms with E-state index in [9.17, 15) is 14.4 Å². The largest absolute Gasteiger partial charge is 0.465 e. The molecule has 0 fully saturated rings. The zero-order valence-electron chi connectivity index (χ0n) is 15.6. The number of rotatable bonds is 4. The SMILES string of the molecule is CCCCn1c2c(c(=O)[nH]c1=O)C(c1ccc(C)o1)C1=C(CCCC1=O)N2. The van der Waals surface area contributed by atoms with E-state index >= 15 is 0 Å². The average molecular weight is 369 g/mol. The highest BCUT2D eigenvalue weighted by Crippen LogP contribution is 2.43. The van der Waals surface area contributed by atoms with Gasteiger partial charge in [0.2, 0.25) is 0 Å². The molecule has 2 N–H and O–H groups in total. The van der Waals surface area contributed by atoms with Crippen LogP contribution in [-0.2, 0) is 11.3 Å². The third-order valence-corrected chi connectivity index (χ3v) is 5.32. The summed E-state index contributed by atoms with van der Waals surface area (Å²) < 4.78 is 7.40. The Morgan fingerprint density at radius 3 is 2.74 bits per heavy atom. The van der Waals surface area contributed by atoms with Crippen molar-refractivity contribution in [3.8, 4) is 0 Å². The van der Waals surface area contributed by atoms with Crippen LogP contribution in [0, 0.1) is 6.92 Å². The summed E-state index contributed by atoms with van der Waals surface area (Å²) in [5.74, 6) is 1.20. The minimum atomic E-state index is -0.588. The Kier molecular flexibility index (Phi) is 4.37. The van der Waals surface area contributed by atoms with E-state index in [2.05, 4.69) is 10.3 Å². The number of fused-ring (bicyclic) bond motifs is 1. The van der Waals surface area contributed by atoms with Gasteiger partial charge in [-0.1, -0.05) is 13.3 Å². The maximum Gasteiger partial charge on any atom is 0.329 e. The summed E-state index contributed by atoms with van der Waals surface area (Å²) in [5, 5.41) is 3.26. The van der Waals surface area contributed by atoms with Gasteiger partial charge in [-0.3, -0.25) is 19.1 Å². The summed E-state index contributed by atoms with van der Waals surface area (Å²) in [6.07, 6.45) is 3.67. The minimum absolute atomic E-state index is 0.0270. The monoisotopic (exact) mass is 369 g/mol. The molecule has 1 aliphatic heterocycles. The van der Waals surface area contributed by atoms with Crippen molar-refractivity contribution < 1.29 is 9.21 Å². The van der Waals surface area contributed by atoms with Gasteiger partial charge in [0, 0.05) is 24.2 Å². The molecule has 142 valence electrons. The van der Waals surface area contributed by atoms with E-state index in [1.807, 2.05) is 26.0 Å². The fourth-order valence-electron chi connectivity index (χ4n) is 4.03. The number of carbonyl (C=O) groups excluding carboxylic acids is 1. The molecular weight excluding hydrogens is 346 g/mol. The number of furan rings is 1. The van der Waals surface area contributed by atoms with Gasteiger partial charge in [0.1, 0.15) is 17.3 Å². The van der Waals surface area contributed by atoms with E-state index in [0.29, 0.717) is 47.9 Å². The topological polar surface area (TPSA) is 97.1 Å². The quantitative estimate of drug-likeness (QED) is 0.864. The zero-order chi connectivity index (χ0) is 19.1. The summed E-state index contributed by atoms with van der Waals surface area (Å²) in [6.45, 7) is 4.38. The number of carbonyl (C=O) groups is 1. The summed E-state index contributed by atoms with van der Waals surface area (Å²) in [4.78, 5) is 40.4. The second-order valence-corrected chi connectivity index (χ2v) is 7.20. The van der Waals surface area contributed by atoms with Gasteiger partial charge < -0.3 is 9.73 Å². The van der Waals surface area contributed by atoms with Crippen molar-refractivity contribution in [3.63, 3.8) is 0 Å². The van der Waals surface area contributed by atoms with Crippen LogP contribution in [0.25, 0.3) is 0 Å². The molecule has 0 radical (unpaired) electrons. The molecule has 2 aliphatic rings. The van der Waals surface area contributed by atoms with Crippen LogP contribution in [0.3, 0.4) is 0 Å². The molecule has 7 heteroatoms. The van der Waals surface area contributed by atoms with E-state index in [4.69, 9.17) is 4.42 Å². The highest BCUT2D eigenvalue weighted by Gasteiger charge is 2.39. The second-order valence-electron chi connectivity index (χ2n) is 7.20. The molecule has 0 aromatic carbocycles. The summed E-state index contributed by atoms with van der Waals surface area (Å²) in [6, 6.07) is 3.63. The second kappa shape index (κ2) is 6.72. The number of H-pyrrole nitrogens is 1. The number of allylic oxidation sites excluding steroid dienone is 2. The van der Waals surface area contributed by atoms with Crippen LogP contribution in [0.15, 0.2) is 37.4 Å². The number of Topliss-reactive ketones (excluding diaryl/α,β-unsaturated/α-hetero) is 1. The number of aromatic amines is 1. The predicted octanol–water partition coefficient (Wildman–Crippen LogP) is 2.80. The van der Waals surface area contributed by atoms with Crippen molar-refractivity contribution in [2.75, 3.05) is 5.32 Å². The molecule has 4 rings (SSSR count). The number of nitrogens with one attached hydrogen (secondary N) is 2. The summed E-state index contributed by atoms with van der Waals surface area (Å²) >= 11 is 0. The van der Waals surface area contributed by atoms with E-state index < -0.39 is 17.2 Å². The van der Waals surface area contributed by atoms with Crippen molar-refractivity contribution in [2.24, 2.45) is 0 Å². The molecule has 0 saturated heterocycles. The van der Waals surface area contributed by atoms with Gasteiger partial charge in [-0.25, -0.2) is 4.79 Å². The highest BCUT2D eigenvalue weighted by molar-refractivity contribution is 6.00. The van der Waals surface area contributed by atoms with Crippen LogP contribution in [-0.4, -0.2) is 15.3 Å². The predicted molar refractivity (Wildman–Crippen MR) is 101 cm³/mol. The summed E-state index contributed by atoms with van der Waals surface area (Å²) in [5.41, 5.74) is 0.871. The zero-order valence-corrected chi connectivity index (χ0v) is 15.6. The molecule has 0 bridgehead atoms. The molecule has 1 aliphatic carbocycles. The number of hydrogen-bond donors (Lipinski definition) is 2. The lowest BCUT2D eigenvalue weighted by atomic mass is 9.79. The van der Waals surface area contributed by atoms with Gasteiger partial charge in [0.25, 0.3) is 5.56 Å². The lowest BCUT2D eigenvalue weighted by Gasteiger charge is -2.33. The lowest BCUT2D eigenvalue weighted by Crippen LogP contribution is -2.40. The Labute approximate surface area is 156 Å². The van der Waals surface area contributed by atoms with Crippen LogP contribution >= 0.6 is 0 Å². The standard InChI is InChI=1S/C20H23N3O4/c1-3-4-10-23-18-17(19(25)22-20(23)26)16(14-9-8-11(2)27-14)15-12(21-18)6-5-7-13(15)24/h8-9,16,21H,3-7,10H2,1-2H3,(H,22,25,26). The fourth-order valence-corrected chi connectivity index (χ4v) is 4.03. The van der Waals surface area contributed by atoms with Crippen molar-refractivity contribution in [2.45, 2.75) is 58.4 Å². The maximum absolute atomic E-state index is 12.8. The third-order valence-electron chi connectivity index (χ3n) is 5.32. The molecule has 3 heterocycles. The molecule has 7 nitrogen and oxygen atoms in total. The lowest BCUT2D eigenvalue weighted by molar-refractivity contribution is -0.116. The molecule has 2 aromatic heterocycles. The van der Waals surface area contributed by atoms with Gasteiger partial charge in [-0.05, 0) is 38.3 Å². The number of unbranched alkanes of at least 4 members (excludes halogenated alkanes) is 1. The van der Waals surface area contributed by atoms with Crippen LogP contribution in [0.1, 0.15) is 62.0 Å². The number of anilines is 1. The number of ketones is 1. The van der Waals surface area contributed by atoms with Gasteiger partial charge in [0.15, 0.2) is 5.78 Å². The Bertz CT molecular complexity index is 1050. The molecule has 2 aromatic rings. The van der Waals surface area contributed by atoms with Crippen molar-refractivity contribution in [1.29, 1.82) is 0 Å². The Hall–Kier alpha value is -2.83. The molecule has 0 saturated carbocycles. The first kappa shape index (κ1) is 17.6. The Balaban J connectivity index is 1.99. The normalized spacial score (nSPS) is 18.9. The van der Waals surface area contributed by atoms with E-state index in [1.54, 1.807) is 4.57 Å². The first-order valence-electron chi connectivity index (χ1n) is 9.47. The van der Waals surface area contributed by atoms with Crippen LogP contribution < -0.4 is 16.6 Å². The fraction of sp³-hybridized carbons (Fsp3) is 0.450.